The first-order valence-electron chi connectivity index (χ1n) is 8.19. The molecular formula is C16H28N2O3. The molecule has 2 amide bonds. The number of rotatable bonds is 2. The average Bonchev–Trinajstić information content (AvgIpc) is 2.64. The fourth-order valence-corrected chi connectivity index (χ4v) is 3.31. The number of hydrogen-bond acceptors (Lipinski definition) is 2. The van der Waals surface area contributed by atoms with Gasteiger partial charge in [0.1, 0.15) is 0 Å². The van der Waals surface area contributed by atoms with Crippen LogP contribution in [0.1, 0.15) is 58.8 Å². The highest BCUT2D eigenvalue weighted by Gasteiger charge is 2.38. The molecule has 0 aromatic heterocycles. The SMILES string of the molecule is CC1CCCC(NC(=O)N2CCC(C)(C(=O)O)CC2)CC1. The quantitative estimate of drug-likeness (QED) is 0.770. The van der Waals surface area contributed by atoms with Crippen molar-refractivity contribution in [2.24, 2.45) is 11.3 Å². The van der Waals surface area contributed by atoms with Crippen LogP contribution in [0.4, 0.5) is 4.79 Å². The molecule has 0 radical (unpaired) electrons. The molecule has 2 N–H and O–H groups in total. The van der Waals surface area contributed by atoms with Crippen molar-refractivity contribution in [1.82, 2.24) is 10.2 Å². The van der Waals surface area contributed by atoms with Crippen LogP contribution in [0.2, 0.25) is 0 Å². The van der Waals surface area contributed by atoms with Gasteiger partial charge >= 0.3 is 12.0 Å². The average molecular weight is 296 g/mol. The van der Waals surface area contributed by atoms with Gasteiger partial charge in [0.15, 0.2) is 0 Å². The van der Waals surface area contributed by atoms with Gasteiger partial charge in [0.05, 0.1) is 5.41 Å². The molecule has 120 valence electrons. The van der Waals surface area contributed by atoms with Gasteiger partial charge < -0.3 is 15.3 Å². The van der Waals surface area contributed by atoms with Crippen LogP contribution >= 0.6 is 0 Å². The lowest BCUT2D eigenvalue weighted by molar-refractivity contribution is -0.150. The molecule has 1 aliphatic carbocycles. The predicted octanol–water partition coefficient (Wildman–Crippen LogP) is 2.85. The van der Waals surface area contributed by atoms with E-state index in [0.717, 1.165) is 18.8 Å². The zero-order valence-corrected chi connectivity index (χ0v) is 13.2. The number of carbonyl (C=O) groups excluding carboxylic acids is 1. The normalized spacial score (nSPS) is 29.5. The van der Waals surface area contributed by atoms with Crippen molar-refractivity contribution in [3.8, 4) is 0 Å². The van der Waals surface area contributed by atoms with Crippen LogP contribution in [-0.4, -0.2) is 41.1 Å². The first-order valence-corrected chi connectivity index (χ1v) is 8.19. The Balaban J connectivity index is 1.81. The van der Waals surface area contributed by atoms with Gasteiger partial charge in [-0.3, -0.25) is 4.79 Å². The fourth-order valence-electron chi connectivity index (χ4n) is 3.31. The summed E-state index contributed by atoms with van der Waals surface area (Å²) < 4.78 is 0. The Morgan fingerprint density at radius 2 is 1.81 bits per heavy atom. The van der Waals surface area contributed by atoms with Gasteiger partial charge in [-0.15, -0.1) is 0 Å². The van der Waals surface area contributed by atoms with E-state index >= 15 is 0 Å². The van der Waals surface area contributed by atoms with E-state index in [0.29, 0.717) is 25.9 Å². The number of nitrogens with one attached hydrogen (secondary N) is 1. The van der Waals surface area contributed by atoms with Crippen molar-refractivity contribution in [2.75, 3.05) is 13.1 Å². The number of hydrogen-bond donors (Lipinski definition) is 2. The van der Waals surface area contributed by atoms with Crippen LogP contribution in [0.15, 0.2) is 0 Å². The first kappa shape index (κ1) is 16.1. The maximum absolute atomic E-state index is 12.3. The Morgan fingerprint density at radius 1 is 1.14 bits per heavy atom. The molecule has 0 aromatic carbocycles. The van der Waals surface area contributed by atoms with E-state index in [-0.39, 0.29) is 12.1 Å². The molecule has 0 spiro atoms. The second kappa shape index (κ2) is 6.67. The number of piperidine rings is 1. The minimum Gasteiger partial charge on any atom is -0.481 e. The molecule has 1 aliphatic heterocycles. The minimum atomic E-state index is -0.750. The minimum absolute atomic E-state index is 0.0120. The van der Waals surface area contributed by atoms with Crippen molar-refractivity contribution in [3.05, 3.63) is 0 Å². The van der Waals surface area contributed by atoms with Crippen LogP contribution in [0.3, 0.4) is 0 Å². The van der Waals surface area contributed by atoms with Crippen molar-refractivity contribution in [2.45, 2.75) is 64.8 Å². The fraction of sp³-hybridized carbons (Fsp3) is 0.875. The van der Waals surface area contributed by atoms with Crippen LogP contribution in [0.25, 0.3) is 0 Å². The number of urea groups is 1. The summed E-state index contributed by atoms with van der Waals surface area (Å²) >= 11 is 0. The van der Waals surface area contributed by atoms with E-state index in [1.165, 1.54) is 19.3 Å². The zero-order chi connectivity index (χ0) is 15.5. The lowest BCUT2D eigenvalue weighted by atomic mass is 9.80. The van der Waals surface area contributed by atoms with Crippen LogP contribution in [-0.2, 0) is 4.79 Å². The summed E-state index contributed by atoms with van der Waals surface area (Å²) in [5, 5.41) is 12.4. The third kappa shape index (κ3) is 4.11. The number of likely N-dealkylation sites (tertiary alicyclic amines) is 1. The maximum atomic E-state index is 12.3. The van der Waals surface area contributed by atoms with Gasteiger partial charge in [-0.2, -0.15) is 0 Å². The Labute approximate surface area is 127 Å². The summed E-state index contributed by atoms with van der Waals surface area (Å²) in [6, 6.07) is 0.275. The summed E-state index contributed by atoms with van der Waals surface area (Å²) in [5.74, 6) is 0.0125. The third-order valence-electron chi connectivity index (χ3n) is 5.26. The Hall–Kier alpha value is -1.26. The molecule has 1 saturated carbocycles. The maximum Gasteiger partial charge on any atom is 0.317 e. The lowest BCUT2D eigenvalue weighted by Crippen LogP contribution is -2.50. The van der Waals surface area contributed by atoms with Crippen molar-refractivity contribution in [3.63, 3.8) is 0 Å². The summed E-state index contributed by atoms with van der Waals surface area (Å²) in [7, 11) is 0. The highest BCUT2D eigenvalue weighted by molar-refractivity contribution is 5.77. The Kier molecular flexibility index (Phi) is 5.12. The number of carboxylic acid groups (broad SMARTS) is 1. The second-order valence-corrected chi connectivity index (χ2v) is 7.11. The van der Waals surface area contributed by atoms with Gasteiger partial charge in [0, 0.05) is 19.1 Å². The summed E-state index contributed by atoms with van der Waals surface area (Å²) in [6.45, 7) is 5.13. The topological polar surface area (TPSA) is 69.6 Å². The number of carbonyl (C=O) groups is 2. The smallest absolute Gasteiger partial charge is 0.317 e. The van der Waals surface area contributed by atoms with E-state index in [9.17, 15) is 14.7 Å². The van der Waals surface area contributed by atoms with Crippen molar-refractivity contribution in [1.29, 1.82) is 0 Å². The summed E-state index contributed by atoms with van der Waals surface area (Å²) in [5.41, 5.74) is -0.672. The molecule has 2 aliphatic rings. The molecule has 2 fully saturated rings. The monoisotopic (exact) mass is 296 g/mol. The molecule has 0 bridgehead atoms. The standard InChI is InChI=1S/C16H28N2O3/c1-12-4-3-5-13(7-6-12)17-15(21)18-10-8-16(2,9-11-18)14(19)20/h12-13H,3-11H2,1-2H3,(H,17,21)(H,19,20). The molecule has 1 heterocycles. The van der Waals surface area contributed by atoms with Crippen molar-refractivity contribution < 1.29 is 14.7 Å². The van der Waals surface area contributed by atoms with Gasteiger partial charge in [0.25, 0.3) is 0 Å². The number of amides is 2. The van der Waals surface area contributed by atoms with Crippen LogP contribution in [0, 0.1) is 11.3 Å². The van der Waals surface area contributed by atoms with Gasteiger partial charge in [-0.05, 0) is 44.9 Å². The number of nitrogens with zero attached hydrogens (tertiary/aromatic N) is 1. The predicted molar refractivity (Wildman–Crippen MR) is 81.1 cm³/mol. The third-order valence-corrected chi connectivity index (χ3v) is 5.26. The molecule has 5 heteroatoms. The molecule has 2 rings (SSSR count). The van der Waals surface area contributed by atoms with Crippen LogP contribution in [0.5, 0.6) is 0 Å². The van der Waals surface area contributed by atoms with Gasteiger partial charge in [-0.25, -0.2) is 4.79 Å². The Morgan fingerprint density at radius 3 is 2.43 bits per heavy atom. The van der Waals surface area contributed by atoms with Gasteiger partial charge in [-0.1, -0.05) is 19.8 Å². The summed E-state index contributed by atoms with van der Waals surface area (Å²) in [4.78, 5) is 25.3. The lowest BCUT2D eigenvalue weighted by Gasteiger charge is -2.37. The summed E-state index contributed by atoms with van der Waals surface area (Å²) in [6.07, 6.45) is 6.83. The number of carboxylic acids is 1. The molecular weight excluding hydrogens is 268 g/mol. The van der Waals surface area contributed by atoms with Crippen molar-refractivity contribution >= 4 is 12.0 Å². The van der Waals surface area contributed by atoms with E-state index < -0.39 is 11.4 Å². The Bertz CT molecular complexity index is 389. The molecule has 5 nitrogen and oxygen atoms in total. The molecule has 1 saturated heterocycles. The van der Waals surface area contributed by atoms with E-state index in [4.69, 9.17) is 0 Å². The number of aliphatic carboxylic acids is 1. The zero-order valence-electron chi connectivity index (χ0n) is 13.2. The molecule has 2 atom stereocenters. The van der Waals surface area contributed by atoms with Gasteiger partial charge in [0.2, 0.25) is 0 Å². The molecule has 21 heavy (non-hydrogen) atoms. The van der Waals surface area contributed by atoms with E-state index in [2.05, 4.69) is 12.2 Å². The second-order valence-electron chi connectivity index (χ2n) is 7.11. The molecule has 0 aromatic rings. The first-order chi connectivity index (χ1) is 9.90. The highest BCUT2D eigenvalue weighted by atomic mass is 16.4. The van der Waals surface area contributed by atoms with E-state index in [1.54, 1.807) is 11.8 Å². The van der Waals surface area contributed by atoms with Crippen LogP contribution < -0.4 is 5.32 Å². The highest BCUT2D eigenvalue weighted by Crippen LogP contribution is 2.31. The largest absolute Gasteiger partial charge is 0.481 e. The molecule has 2 unspecified atom stereocenters. The van der Waals surface area contributed by atoms with E-state index in [1.807, 2.05) is 0 Å².